The Morgan fingerprint density at radius 2 is 2.12 bits per heavy atom. The summed E-state index contributed by atoms with van der Waals surface area (Å²) >= 11 is 0. The molecule has 0 aromatic heterocycles. The van der Waals surface area contributed by atoms with Crippen LogP contribution < -0.4 is 11.1 Å². The molecule has 1 fully saturated rings. The van der Waals surface area contributed by atoms with E-state index in [9.17, 15) is 9.59 Å². The van der Waals surface area contributed by atoms with Crippen molar-refractivity contribution in [1.82, 2.24) is 5.32 Å². The van der Waals surface area contributed by atoms with E-state index in [1.54, 1.807) is 0 Å². The Morgan fingerprint density at radius 1 is 1.50 bits per heavy atom. The van der Waals surface area contributed by atoms with Crippen molar-refractivity contribution in [2.24, 2.45) is 11.1 Å². The van der Waals surface area contributed by atoms with E-state index in [2.05, 4.69) is 5.32 Å². The van der Waals surface area contributed by atoms with E-state index >= 15 is 0 Å². The molecule has 1 aliphatic carbocycles. The van der Waals surface area contributed by atoms with E-state index in [0.29, 0.717) is 13.0 Å². The number of hydrogen-bond acceptors (Lipinski definition) is 3. The zero-order chi connectivity index (χ0) is 12.2. The third-order valence-electron chi connectivity index (χ3n) is 3.36. The van der Waals surface area contributed by atoms with Gasteiger partial charge in [-0.2, -0.15) is 0 Å². The van der Waals surface area contributed by atoms with Crippen molar-refractivity contribution in [3.8, 4) is 0 Å². The van der Waals surface area contributed by atoms with Gasteiger partial charge in [0.05, 0.1) is 5.41 Å². The van der Waals surface area contributed by atoms with Crippen LogP contribution in [0.5, 0.6) is 0 Å². The van der Waals surface area contributed by atoms with E-state index in [1.165, 1.54) is 0 Å². The molecule has 0 aliphatic heterocycles. The highest BCUT2D eigenvalue weighted by Gasteiger charge is 2.43. The fraction of sp³-hybridized carbons (Fsp3) is 0.818. The van der Waals surface area contributed by atoms with Crippen molar-refractivity contribution in [3.63, 3.8) is 0 Å². The second kappa shape index (κ2) is 5.30. The highest BCUT2D eigenvalue weighted by Crippen LogP contribution is 2.40. The molecule has 0 aromatic carbocycles. The van der Waals surface area contributed by atoms with Crippen LogP contribution in [0.15, 0.2) is 0 Å². The predicted octanol–water partition coefficient (Wildman–Crippen LogP) is 0.485. The molecular weight excluding hydrogens is 208 g/mol. The fourth-order valence-corrected chi connectivity index (χ4v) is 1.98. The molecule has 1 saturated carbocycles. The Hall–Kier alpha value is -1.10. The molecule has 92 valence electrons. The molecule has 1 rings (SSSR count). The van der Waals surface area contributed by atoms with Gasteiger partial charge in [0, 0.05) is 6.54 Å². The Bertz CT molecular complexity index is 269. The summed E-state index contributed by atoms with van der Waals surface area (Å²) in [6.45, 7) is 2.20. The highest BCUT2D eigenvalue weighted by atomic mass is 16.4. The average molecular weight is 228 g/mol. The quantitative estimate of drug-likeness (QED) is 0.616. The predicted molar refractivity (Wildman–Crippen MR) is 59.8 cm³/mol. The van der Waals surface area contributed by atoms with Gasteiger partial charge in [0.2, 0.25) is 5.91 Å². The summed E-state index contributed by atoms with van der Waals surface area (Å²) in [4.78, 5) is 22.8. The number of hydrogen-bond donors (Lipinski definition) is 3. The number of carbonyl (C=O) groups excluding carboxylic acids is 1. The first kappa shape index (κ1) is 13.0. The minimum Gasteiger partial charge on any atom is -0.480 e. The molecule has 1 aliphatic rings. The number of amides is 1. The van der Waals surface area contributed by atoms with E-state index in [1.807, 2.05) is 6.92 Å². The number of carboxylic acids is 1. The molecule has 0 saturated heterocycles. The lowest BCUT2D eigenvalue weighted by Crippen LogP contribution is -2.54. The Labute approximate surface area is 95.4 Å². The lowest BCUT2D eigenvalue weighted by atomic mass is 9.68. The number of nitrogens with two attached hydrogens (primary N) is 1. The number of aliphatic carboxylic acids is 1. The molecule has 0 radical (unpaired) electrons. The van der Waals surface area contributed by atoms with Crippen molar-refractivity contribution in [1.29, 1.82) is 0 Å². The molecule has 5 heteroatoms. The summed E-state index contributed by atoms with van der Waals surface area (Å²) in [6, 6.07) is -0.776. The van der Waals surface area contributed by atoms with Gasteiger partial charge in [-0.3, -0.25) is 4.79 Å². The van der Waals surface area contributed by atoms with Gasteiger partial charge in [-0.15, -0.1) is 0 Å². The first-order chi connectivity index (χ1) is 7.55. The van der Waals surface area contributed by atoms with Gasteiger partial charge in [0.25, 0.3) is 0 Å². The van der Waals surface area contributed by atoms with Crippen LogP contribution in [0.1, 0.15) is 39.0 Å². The summed E-state index contributed by atoms with van der Waals surface area (Å²) in [6.07, 6.45) is 3.73. The topological polar surface area (TPSA) is 92.4 Å². The van der Waals surface area contributed by atoms with Crippen molar-refractivity contribution in [2.45, 2.75) is 45.1 Å². The molecule has 4 N–H and O–H groups in total. The SMILES string of the molecule is CCC[C@H](NC(=O)C1(CN)CCC1)C(=O)O. The van der Waals surface area contributed by atoms with Crippen molar-refractivity contribution in [3.05, 3.63) is 0 Å². The average Bonchev–Trinajstić information content (AvgIpc) is 2.16. The van der Waals surface area contributed by atoms with Gasteiger partial charge >= 0.3 is 5.97 Å². The minimum atomic E-state index is -0.971. The van der Waals surface area contributed by atoms with Gasteiger partial charge in [-0.05, 0) is 19.3 Å². The summed E-state index contributed by atoms with van der Waals surface area (Å²) in [5.74, 6) is -1.16. The molecule has 1 amide bonds. The van der Waals surface area contributed by atoms with Crippen LogP contribution in [-0.2, 0) is 9.59 Å². The maximum atomic E-state index is 11.9. The number of carbonyl (C=O) groups is 2. The van der Waals surface area contributed by atoms with Crippen LogP contribution in [0.3, 0.4) is 0 Å². The molecule has 1 atom stereocenters. The largest absolute Gasteiger partial charge is 0.480 e. The van der Waals surface area contributed by atoms with Crippen LogP contribution in [-0.4, -0.2) is 29.6 Å². The smallest absolute Gasteiger partial charge is 0.326 e. The van der Waals surface area contributed by atoms with Gasteiger partial charge in [0.15, 0.2) is 0 Å². The Kier molecular flexibility index (Phi) is 4.29. The number of carboxylic acid groups (broad SMARTS) is 1. The summed E-state index contributed by atoms with van der Waals surface area (Å²) in [7, 11) is 0. The number of nitrogens with one attached hydrogen (secondary N) is 1. The van der Waals surface area contributed by atoms with Gasteiger partial charge in [-0.1, -0.05) is 19.8 Å². The normalized spacial score (nSPS) is 19.6. The van der Waals surface area contributed by atoms with Crippen molar-refractivity contribution in [2.75, 3.05) is 6.54 Å². The molecule has 0 spiro atoms. The molecule has 0 heterocycles. The minimum absolute atomic E-state index is 0.192. The molecular formula is C11H20N2O3. The van der Waals surface area contributed by atoms with E-state index in [-0.39, 0.29) is 5.91 Å². The second-order valence-electron chi connectivity index (χ2n) is 4.49. The monoisotopic (exact) mass is 228 g/mol. The lowest BCUT2D eigenvalue weighted by Gasteiger charge is -2.39. The van der Waals surface area contributed by atoms with Crippen LogP contribution in [0.25, 0.3) is 0 Å². The van der Waals surface area contributed by atoms with Crippen LogP contribution in [0.2, 0.25) is 0 Å². The Morgan fingerprint density at radius 3 is 2.44 bits per heavy atom. The molecule has 16 heavy (non-hydrogen) atoms. The van der Waals surface area contributed by atoms with Gasteiger partial charge in [0.1, 0.15) is 6.04 Å². The summed E-state index contributed by atoms with van der Waals surface area (Å²) in [5.41, 5.74) is 5.09. The first-order valence-corrected chi connectivity index (χ1v) is 5.79. The third kappa shape index (κ3) is 2.52. The third-order valence-corrected chi connectivity index (χ3v) is 3.36. The van der Waals surface area contributed by atoms with Crippen LogP contribution in [0.4, 0.5) is 0 Å². The van der Waals surface area contributed by atoms with Crippen molar-refractivity contribution >= 4 is 11.9 Å². The Balaban J connectivity index is 2.57. The zero-order valence-corrected chi connectivity index (χ0v) is 9.66. The molecule has 5 nitrogen and oxygen atoms in total. The van der Waals surface area contributed by atoms with Gasteiger partial charge in [-0.25, -0.2) is 4.79 Å². The van der Waals surface area contributed by atoms with Crippen LogP contribution >= 0.6 is 0 Å². The van der Waals surface area contributed by atoms with E-state index < -0.39 is 17.4 Å². The maximum absolute atomic E-state index is 11.9. The summed E-state index contributed by atoms with van der Waals surface area (Å²) in [5, 5.41) is 11.5. The zero-order valence-electron chi connectivity index (χ0n) is 9.66. The standard InChI is InChI=1S/C11H20N2O3/c1-2-4-8(9(14)15)13-10(16)11(7-12)5-3-6-11/h8H,2-7,12H2,1H3,(H,13,16)(H,14,15)/t8-/m0/s1. The summed E-state index contributed by atoms with van der Waals surface area (Å²) < 4.78 is 0. The lowest BCUT2D eigenvalue weighted by molar-refractivity contribution is -0.145. The highest BCUT2D eigenvalue weighted by molar-refractivity contribution is 5.88. The van der Waals surface area contributed by atoms with E-state index in [4.69, 9.17) is 10.8 Å². The van der Waals surface area contributed by atoms with Crippen LogP contribution in [0, 0.1) is 5.41 Å². The molecule has 0 unspecified atom stereocenters. The van der Waals surface area contributed by atoms with E-state index in [0.717, 1.165) is 25.7 Å². The van der Waals surface area contributed by atoms with Crippen molar-refractivity contribution < 1.29 is 14.7 Å². The fourth-order valence-electron chi connectivity index (χ4n) is 1.98. The maximum Gasteiger partial charge on any atom is 0.326 e. The molecule has 0 bridgehead atoms. The number of rotatable bonds is 6. The first-order valence-electron chi connectivity index (χ1n) is 5.79. The molecule has 0 aromatic rings. The van der Waals surface area contributed by atoms with Gasteiger partial charge < -0.3 is 16.2 Å². The second-order valence-corrected chi connectivity index (χ2v) is 4.49.